The van der Waals surface area contributed by atoms with Crippen molar-refractivity contribution in [1.82, 2.24) is 4.98 Å². The van der Waals surface area contributed by atoms with Crippen LogP contribution in [0.1, 0.15) is 10.6 Å². The number of aromatic nitrogens is 1. The Morgan fingerprint density at radius 1 is 1.05 bits per heavy atom. The zero-order valence-corrected chi connectivity index (χ0v) is 13.9. The second kappa shape index (κ2) is 6.32. The molecular formula is C16H15Cl2N2S+. The van der Waals surface area contributed by atoms with Gasteiger partial charge >= 0.3 is 0 Å². The number of para-hydroxylation sites is 1. The number of halogens is 2. The van der Waals surface area contributed by atoms with E-state index in [-0.39, 0.29) is 0 Å². The molecule has 3 aromatic rings. The fourth-order valence-electron chi connectivity index (χ4n) is 2.31. The summed E-state index contributed by atoms with van der Waals surface area (Å²) < 4.78 is 1.25. The molecule has 3 rings (SSSR count). The maximum atomic E-state index is 6.06. The molecule has 1 unspecified atom stereocenters. The maximum Gasteiger partial charge on any atom is 0.148 e. The van der Waals surface area contributed by atoms with Gasteiger partial charge in [-0.05, 0) is 24.3 Å². The molecule has 1 N–H and O–H groups in total. The van der Waals surface area contributed by atoms with Crippen molar-refractivity contribution in [2.24, 2.45) is 0 Å². The molecule has 0 aliphatic rings. The molecule has 1 atom stereocenters. The average molecular weight is 338 g/mol. The Hall–Kier alpha value is -1.13. The van der Waals surface area contributed by atoms with Crippen molar-refractivity contribution in [1.29, 1.82) is 0 Å². The molecule has 0 fully saturated rings. The molecule has 0 aliphatic heterocycles. The van der Waals surface area contributed by atoms with Crippen LogP contribution >= 0.6 is 34.5 Å². The largest absolute Gasteiger partial charge is 0.328 e. The Kier molecular flexibility index (Phi) is 4.45. The van der Waals surface area contributed by atoms with E-state index in [1.165, 1.54) is 15.2 Å². The van der Waals surface area contributed by atoms with Gasteiger partial charge in [0.1, 0.15) is 18.1 Å². The van der Waals surface area contributed by atoms with E-state index in [9.17, 15) is 0 Å². The highest BCUT2D eigenvalue weighted by Crippen LogP contribution is 2.23. The smallest absolute Gasteiger partial charge is 0.148 e. The lowest BCUT2D eigenvalue weighted by molar-refractivity contribution is -0.907. The summed E-state index contributed by atoms with van der Waals surface area (Å²) in [4.78, 5) is 6.04. The van der Waals surface area contributed by atoms with Crippen LogP contribution in [0.4, 0.5) is 0 Å². The molecule has 0 aliphatic carbocycles. The summed E-state index contributed by atoms with van der Waals surface area (Å²) in [5.74, 6) is 0. The minimum Gasteiger partial charge on any atom is -0.328 e. The summed E-state index contributed by atoms with van der Waals surface area (Å²) in [6.07, 6.45) is 0. The van der Waals surface area contributed by atoms with Crippen LogP contribution in [-0.2, 0) is 13.1 Å². The molecule has 0 saturated carbocycles. The lowest BCUT2D eigenvalue weighted by Crippen LogP contribution is -3.06. The van der Waals surface area contributed by atoms with Crippen molar-refractivity contribution in [3.8, 4) is 0 Å². The highest BCUT2D eigenvalue weighted by molar-refractivity contribution is 7.18. The second-order valence-corrected chi connectivity index (χ2v) is 7.06. The van der Waals surface area contributed by atoms with Gasteiger partial charge in [-0.15, -0.1) is 11.3 Å². The van der Waals surface area contributed by atoms with Gasteiger partial charge in [-0.25, -0.2) is 4.98 Å². The van der Waals surface area contributed by atoms with E-state index in [0.717, 1.165) is 23.6 Å². The van der Waals surface area contributed by atoms with E-state index in [1.807, 2.05) is 24.3 Å². The molecule has 5 heteroatoms. The lowest BCUT2D eigenvalue weighted by Gasteiger charge is -2.12. The van der Waals surface area contributed by atoms with Gasteiger partial charge in [0.2, 0.25) is 0 Å². The van der Waals surface area contributed by atoms with Gasteiger partial charge in [0.05, 0.1) is 27.3 Å². The van der Waals surface area contributed by atoms with E-state index in [0.29, 0.717) is 10.0 Å². The molecule has 0 bridgehead atoms. The number of benzene rings is 2. The van der Waals surface area contributed by atoms with Crippen molar-refractivity contribution in [2.45, 2.75) is 13.1 Å². The van der Waals surface area contributed by atoms with Crippen LogP contribution in [0.15, 0.2) is 42.5 Å². The maximum absolute atomic E-state index is 6.06. The Labute approximate surface area is 137 Å². The number of hydrogen-bond donors (Lipinski definition) is 1. The van der Waals surface area contributed by atoms with E-state index in [2.05, 4.69) is 30.2 Å². The first kappa shape index (κ1) is 14.8. The first-order valence-corrected chi connectivity index (χ1v) is 8.29. The Bertz CT molecular complexity index is 737. The van der Waals surface area contributed by atoms with Crippen molar-refractivity contribution >= 4 is 44.8 Å². The van der Waals surface area contributed by atoms with Gasteiger partial charge in [0.15, 0.2) is 0 Å². The van der Waals surface area contributed by atoms with Crippen LogP contribution < -0.4 is 4.90 Å². The predicted octanol–water partition coefficient (Wildman–Crippen LogP) is 3.82. The SMILES string of the molecule is C[NH+](Cc1ccc(Cl)c(Cl)c1)Cc1nc2ccccc2s1. The molecule has 1 heterocycles. The van der Waals surface area contributed by atoms with Gasteiger partial charge in [-0.1, -0.05) is 41.4 Å². The summed E-state index contributed by atoms with van der Waals surface area (Å²) in [6.45, 7) is 1.80. The van der Waals surface area contributed by atoms with Gasteiger partial charge in [0.25, 0.3) is 0 Å². The summed E-state index contributed by atoms with van der Waals surface area (Å²) in [5, 5.41) is 2.37. The van der Waals surface area contributed by atoms with E-state index >= 15 is 0 Å². The quantitative estimate of drug-likeness (QED) is 0.765. The predicted molar refractivity (Wildman–Crippen MR) is 90.4 cm³/mol. The number of hydrogen-bond acceptors (Lipinski definition) is 2. The number of rotatable bonds is 4. The first-order chi connectivity index (χ1) is 10.1. The average Bonchev–Trinajstić information content (AvgIpc) is 2.84. The van der Waals surface area contributed by atoms with Crippen LogP contribution in [0.25, 0.3) is 10.2 Å². The fourth-order valence-corrected chi connectivity index (χ4v) is 3.72. The third-order valence-electron chi connectivity index (χ3n) is 3.28. The zero-order chi connectivity index (χ0) is 14.8. The van der Waals surface area contributed by atoms with Crippen molar-refractivity contribution in [3.63, 3.8) is 0 Å². The Morgan fingerprint density at radius 2 is 1.86 bits per heavy atom. The molecular weight excluding hydrogens is 323 g/mol. The van der Waals surface area contributed by atoms with Crippen LogP contribution in [0.2, 0.25) is 10.0 Å². The second-order valence-electron chi connectivity index (χ2n) is 5.13. The minimum absolute atomic E-state index is 0.601. The van der Waals surface area contributed by atoms with Crippen molar-refractivity contribution in [2.75, 3.05) is 7.05 Å². The van der Waals surface area contributed by atoms with Gasteiger partial charge < -0.3 is 4.90 Å². The van der Waals surface area contributed by atoms with Gasteiger partial charge in [-0.3, -0.25) is 0 Å². The zero-order valence-electron chi connectivity index (χ0n) is 11.6. The molecule has 0 spiro atoms. The summed E-state index contributed by atoms with van der Waals surface area (Å²) >= 11 is 13.8. The molecule has 0 amide bonds. The highest BCUT2D eigenvalue weighted by atomic mass is 35.5. The monoisotopic (exact) mass is 337 g/mol. The highest BCUT2D eigenvalue weighted by Gasteiger charge is 2.10. The minimum atomic E-state index is 0.601. The Morgan fingerprint density at radius 3 is 2.62 bits per heavy atom. The van der Waals surface area contributed by atoms with E-state index in [1.54, 1.807) is 11.3 Å². The lowest BCUT2D eigenvalue weighted by atomic mass is 10.2. The normalized spacial score (nSPS) is 12.7. The summed E-state index contributed by atoms with van der Waals surface area (Å²) in [6, 6.07) is 14.1. The number of nitrogens with one attached hydrogen (secondary N) is 1. The molecule has 21 heavy (non-hydrogen) atoms. The standard InChI is InChI=1S/C16H14Cl2N2S/c1-20(9-11-6-7-12(17)13(18)8-11)10-16-19-14-4-2-3-5-15(14)21-16/h2-8H,9-10H2,1H3/p+1. The van der Waals surface area contributed by atoms with Crippen LogP contribution in [-0.4, -0.2) is 12.0 Å². The van der Waals surface area contributed by atoms with Gasteiger partial charge in [0, 0.05) is 5.56 Å². The molecule has 0 saturated heterocycles. The van der Waals surface area contributed by atoms with Crippen LogP contribution in [0.3, 0.4) is 0 Å². The van der Waals surface area contributed by atoms with Crippen molar-refractivity contribution < 1.29 is 4.90 Å². The number of nitrogens with zero attached hydrogens (tertiary/aromatic N) is 1. The molecule has 2 aromatic carbocycles. The summed E-state index contributed by atoms with van der Waals surface area (Å²) in [7, 11) is 2.16. The molecule has 2 nitrogen and oxygen atoms in total. The van der Waals surface area contributed by atoms with Crippen LogP contribution in [0, 0.1) is 0 Å². The number of fused-ring (bicyclic) bond motifs is 1. The Balaban J connectivity index is 1.70. The third-order valence-corrected chi connectivity index (χ3v) is 5.06. The van der Waals surface area contributed by atoms with Crippen molar-refractivity contribution in [3.05, 3.63) is 63.1 Å². The van der Waals surface area contributed by atoms with Gasteiger partial charge in [-0.2, -0.15) is 0 Å². The summed E-state index contributed by atoms with van der Waals surface area (Å²) in [5.41, 5.74) is 2.27. The molecule has 1 aromatic heterocycles. The van der Waals surface area contributed by atoms with E-state index in [4.69, 9.17) is 23.2 Å². The molecule has 108 valence electrons. The molecule has 0 radical (unpaired) electrons. The third kappa shape index (κ3) is 3.55. The number of thiazole rings is 1. The van der Waals surface area contributed by atoms with E-state index < -0.39 is 0 Å². The topological polar surface area (TPSA) is 17.3 Å². The fraction of sp³-hybridized carbons (Fsp3) is 0.188. The first-order valence-electron chi connectivity index (χ1n) is 6.71. The van der Waals surface area contributed by atoms with Crippen LogP contribution in [0.5, 0.6) is 0 Å². The number of quaternary nitrogens is 1.